The average Bonchev–Trinajstić information content (AvgIpc) is 2.39. The number of aliphatic hydroxyl groups is 1. The van der Waals surface area contributed by atoms with Gasteiger partial charge in [0.05, 0.1) is 12.4 Å². The van der Waals surface area contributed by atoms with Crippen molar-refractivity contribution in [1.82, 2.24) is 9.29 Å². The van der Waals surface area contributed by atoms with E-state index in [-0.39, 0.29) is 5.92 Å². The first-order valence-electron chi connectivity index (χ1n) is 6.50. The van der Waals surface area contributed by atoms with Crippen molar-refractivity contribution < 1.29 is 13.5 Å². The molecule has 0 amide bonds. The molecule has 2 heterocycles. The molecule has 19 heavy (non-hydrogen) atoms. The van der Waals surface area contributed by atoms with E-state index >= 15 is 0 Å². The van der Waals surface area contributed by atoms with E-state index in [1.54, 1.807) is 18.5 Å². The van der Waals surface area contributed by atoms with Crippen molar-refractivity contribution in [2.45, 2.75) is 25.4 Å². The Morgan fingerprint density at radius 2 is 2.37 bits per heavy atom. The average molecular weight is 284 g/mol. The van der Waals surface area contributed by atoms with Crippen molar-refractivity contribution in [2.75, 3.05) is 19.3 Å². The van der Waals surface area contributed by atoms with Crippen LogP contribution in [0.4, 0.5) is 0 Å². The maximum absolute atomic E-state index is 11.5. The summed E-state index contributed by atoms with van der Waals surface area (Å²) in [6, 6.07) is 3.64. The van der Waals surface area contributed by atoms with Gasteiger partial charge >= 0.3 is 0 Å². The summed E-state index contributed by atoms with van der Waals surface area (Å²) in [5.74, 6) is 0.207. The maximum Gasteiger partial charge on any atom is 0.211 e. The largest absolute Gasteiger partial charge is 0.388 e. The zero-order valence-electron chi connectivity index (χ0n) is 11.1. The minimum absolute atomic E-state index is 0.207. The van der Waals surface area contributed by atoms with Crippen molar-refractivity contribution in [3.05, 3.63) is 30.1 Å². The van der Waals surface area contributed by atoms with Crippen LogP contribution in [-0.2, 0) is 10.0 Å². The molecule has 0 aliphatic carbocycles. The van der Waals surface area contributed by atoms with Crippen LogP contribution in [0, 0.1) is 5.92 Å². The van der Waals surface area contributed by atoms with Crippen molar-refractivity contribution in [1.29, 1.82) is 0 Å². The molecule has 1 saturated heterocycles. The normalized spacial score (nSPS) is 23.2. The Balaban J connectivity index is 1.96. The van der Waals surface area contributed by atoms with E-state index in [0.29, 0.717) is 19.5 Å². The fourth-order valence-corrected chi connectivity index (χ4v) is 3.49. The zero-order valence-corrected chi connectivity index (χ0v) is 11.9. The van der Waals surface area contributed by atoms with Crippen molar-refractivity contribution in [3.8, 4) is 0 Å². The summed E-state index contributed by atoms with van der Waals surface area (Å²) in [6.45, 7) is 1.11. The quantitative estimate of drug-likeness (QED) is 0.901. The Hall–Kier alpha value is -0.980. The van der Waals surface area contributed by atoms with E-state index in [0.717, 1.165) is 18.4 Å². The second kappa shape index (κ2) is 5.98. The van der Waals surface area contributed by atoms with Crippen LogP contribution >= 0.6 is 0 Å². The molecule has 0 radical (unpaired) electrons. The number of pyridine rings is 1. The third kappa shape index (κ3) is 3.99. The van der Waals surface area contributed by atoms with Crippen molar-refractivity contribution >= 4 is 10.0 Å². The van der Waals surface area contributed by atoms with Gasteiger partial charge in [-0.1, -0.05) is 6.07 Å². The minimum Gasteiger partial charge on any atom is -0.388 e. The fraction of sp³-hybridized carbons (Fsp3) is 0.615. The first-order chi connectivity index (χ1) is 8.97. The molecule has 1 aromatic rings. The molecule has 6 heteroatoms. The molecule has 2 atom stereocenters. The molecule has 1 N–H and O–H groups in total. The van der Waals surface area contributed by atoms with E-state index < -0.39 is 16.1 Å². The minimum atomic E-state index is -3.12. The molecule has 2 rings (SSSR count). The number of piperidine rings is 1. The van der Waals surface area contributed by atoms with Gasteiger partial charge in [-0.2, -0.15) is 0 Å². The molecule has 1 aromatic heterocycles. The highest BCUT2D eigenvalue weighted by Crippen LogP contribution is 2.27. The van der Waals surface area contributed by atoms with Gasteiger partial charge in [0.25, 0.3) is 0 Å². The molecule has 0 aromatic carbocycles. The van der Waals surface area contributed by atoms with Crippen LogP contribution in [0.5, 0.6) is 0 Å². The van der Waals surface area contributed by atoms with E-state index in [1.807, 2.05) is 6.07 Å². The van der Waals surface area contributed by atoms with Gasteiger partial charge in [-0.15, -0.1) is 0 Å². The lowest BCUT2D eigenvalue weighted by Crippen LogP contribution is -2.39. The lowest BCUT2D eigenvalue weighted by atomic mass is 9.91. The second-order valence-corrected chi connectivity index (χ2v) is 7.15. The lowest BCUT2D eigenvalue weighted by Gasteiger charge is -2.32. The summed E-state index contributed by atoms with van der Waals surface area (Å²) in [4.78, 5) is 3.99. The van der Waals surface area contributed by atoms with Crippen LogP contribution in [0.1, 0.15) is 30.9 Å². The van der Waals surface area contributed by atoms with Gasteiger partial charge in [0.1, 0.15) is 0 Å². The molecule has 1 aliphatic rings. The molecule has 0 saturated carbocycles. The summed E-state index contributed by atoms with van der Waals surface area (Å²) in [5.41, 5.74) is 0.791. The van der Waals surface area contributed by atoms with Crippen LogP contribution in [0.3, 0.4) is 0 Å². The van der Waals surface area contributed by atoms with E-state index in [4.69, 9.17) is 0 Å². The summed E-state index contributed by atoms with van der Waals surface area (Å²) < 4.78 is 24.6. The molecule has 106 valence electrons. The molecule has 1 aliphatic heterocycles. The molecule has 0 bridgehead atoms. The van der Waals surface area contributed by atoms with E-state index in [9.17, 15) is 13.5 Å². The van der Waals surface area contributed by atoms with Crippen LogP contribution in [-0.4, -0.2) is 42.2 Å². The highest BCUT2D eigenvalue weighted by atomic mass is 32.2. The van der Waals surface area contributed by atoms with Crippen LogP contribution < -0.4 is 0 Å². The molecular formula is C13H20N2O3S. The molecular weight excluding hydrogens is 264 g/mol. The van der Waals surface area contributed by atoms with Crippen molar-refractivity contribution in [2.24, 2.45) is 5.92 Å². The van der Waals surface area contributed by atoms with Gasteiger partial charge in [0.15, 0.2) is 0 Å². The highest BCUT2D eigenvalue weighted by Gasteiger charge is 2.27. The van der Waals surface area contributed by atoms with Gasteiger partial charge in [-0.05, 0) is 36.8 Å². The predicted molar refractivity (Wildman–Crippen MR) is 73.0 cm³/mol. The van der Waals surface area contributed by atoms with Gasteiger partial charge in [0.2, 0.25) is 10.0 Å². The van der Waals surface area contributed by atoms with Gasteiger partial charge < -0.3 is 5.11 Å². The van der Waals surface area contributed by atoms with E-state index in [2.05, 4.69) is 4.98 Å². The van der Waals surface area contributed by atoms with Crippen LogP contribution in [0.15, 0.2) is 24.5 Å². The maximum atomic E-state index is 11.5. The van der Waals surface area contributed by atoms with E-state index in [1.165, 1.54) is 10.6 Å². The summed E-state index contributed by atoms with van der Waals surface area (Å²) in [6.07, 6.45) is 6.40. The third-order valence-corrected chi connectivity index (χ3v) is 4.85. The van der Waals surface area contributed by atoms with Gasteiger partial charge in [-0.3, -0.25) is 4.98 Å². The number of nitrogens with zero attached hydrogens (tertiary/aromatic N) is 2. The highest BCUT2D eigenvalue weighted by molar-refractivity contribution is 7.88. The molecule has 2 unspecified atom stereocenters. The van der Waals surface area contributed by atoms with Crippen molar-refractivity contribution in [3.63, 3.8) is 0 Å². The first-order valence-corrected chi connectivity index (χ1v) is 8.35. The van der Waals surface area contributed by atoms with Gasteiger partial charge in [0, 0.05) is 25.5 Å². The van der Waals surface area contributed by atoms with Gasteiger partial charge in [-0.25, -0.2) is 12.7 Å². The number of aliphatic hydroxyl groups excluding tert-OH is 1. The monoisotopic (exact) mass is 284 g/mol. The Bertz CT molecular complexity index is 504. The number of hydrogen-bond acceptors (Lipinski definition) is 4. The lowest BCUT2D eigenvalue weighted by molar-refractivity contribution is 0.122. The Morgan fingerprint density at radius 3 is 3.00 bits per heavy atom. The second-order valence-electron chi connectivity index (χ2n) is 5.17. The summed E-state index contributed by atoms with van der Waals surface area (Å²) in [7, 11) is -3.12. The Morgan fingerprint density at radius 1 is 1.58 bits per heavy atom. The Kier molecular flexibility index (Phi) is 4.54. The van der Waals surface area contributed by atoms with Crippen LogP contribution in [0.2, 0.25) is 0 Å². The topological polar surface area (TPSA) is 70.5 Å². The molecule has 1 fully saturated rings. The standard InChI is InChI=1S/C13H20N2O3S/c1-19(17,18)15-7-3-4-11(10-15)8-13(16)12-5-2-6-14-9-12/h2,5-6,9,11,13,16H,3-4,7-8,10H2,1H3. The predicted octanol–water partition coefficient (Wildman–Crippen LogP) is 1.18. The third-order valence-electron chi connectivity index (χ3n) is 3.58. The van der Waals surface area contributed by atoms with Crippen LogP contribution in [0.25, 0.3) is 0 Å². The Labute approximate surface area is 114 Å². The summed E-state index contributed by atoms with van der Waals surface area (Å²) in [5, 5.41) is 10.2. The SMILES string of the molecule is CS(=O)(=O)N1CCCC(CC(O)c2cccnc2)C1. The first kappa shape index (κ1) is 14.4. The summed E-state index contributed by atoms with van der Waals surface area (Å²) >= 11 is 0. The smallest absolute Gasteiger partial charge is 0.211 e. The number of sulfonamides is 1. The fourth-order valence-electron chi connectivity index (χ4n) is 2.55. The zero-order chi connectivity index (χ0) is 13.9. The molecule has 5 nitrogen and oxygen atoms in total. The number of rotatable bonds is 4. The molecule has 0 spiro atoms. The number of aromatic nitrogens is 1. The number of hydrogen-bond donors (Lipinski definition) is 1.